The molecule has 0 spiro atoms. The number of amides is 1. The van der Waals surface area contributed by atoms with Crippen molar-refractivity contribution in [1.29, 1.82) is 0 Å². The fourth-order valence-electron chi connectivity index (χ4n) is 3.02. The first kappa shape index (κ1) is 22.9. The summed E-state index contributed by atoms with van der Waals surface area (Å²) in [6.07, 6.45) is -1.90. The number of anilines is 1. The van der Waals surface area contributed by atoms with Crippen LogP contribution in [0.5, 0.6) is 0 Å². The molecule has 0 bridgehead atoms. The zero-order valence-electron chi connectivity index (χ0n) is 15.6. The molecule has 158 valence electrons. The molecule has 0 aromatic heterocycles. The largest absolute Gasteiger partial charge is 0.416 e. The van der Waals surface area contributed by atoms with Crippen LogP contribution in [0, 0.1) is 5.92 Å². The zero-order chi connectivity index (χ0) is 21.1. The number of carbonyl (C=O) groups excluding carboxylic acids is 1. The summed E-state index contributed by atoms with van der Waals surface area (Å²) < 4.78 is 62.7. The van der Waals surface area contributed by atoms with E-state index in [1.54, 1.807) is 0 Å². The van der Waals surface area contributed by atoms with Crippen molar-refractivity contribution in [3.63, 3.8) is 0 Å². The van der Waals surface area contributed by atoms with E-state index >= 15 is 0 Å². The Morgan fingerprint density at radius 3 is 2.46 bits per heavy atom. The molecule has 28 heavy (non-hydrogen) atoms. The molecule has 1 heterocycles. The molecule has 0 unspecified atom stereocenters. The summed E-state index contributed by atoms with van der Waals surface area (Å²) in [5.41, 5.74) is -0.964. The third kappa shape index (κ3) is 6.61. The average Bonchev–Trinajstić information content (AvgIpc) is 2.56. The van der Waals surface area contributed by atoms with E-state index in [9.17, 15) is 26.4 Å². The molecule has 0 radical (unpaired) electrons. The lowest BCUT2D eigenvalue weighted by Gasteiger charge is -2.33. The highest BCUT2D eigenvalue weighted by Gasteiger charge is 2.31. The van der Waals surface area contributed by atoms with Crippen molar-refractivity contribution in [2.24, 2.45) is 5.92 Å². The molecular formula is C17H23ClF3N3O3S. The van der Waals surface area contributed by atoms with Gasteiger partial charge in [0.15, 0.2) is 0 Å². The van der Waals surface area contributed by atoms with E-state index in [1.807, 2.05) is 4.90 Å². The Bertz CT molecular complexity index is 810. The lowest BCUT2D eigenvalue weighted by atomic mass is 9.97. The van der Waals surface area contributed by atoms with Crippen molar-refractivity contribution in [2.75, 3.05) is 44.8 Å². The molecule has 1 amide bonds. The van der Waals surface area contributed by atoms with E-state index in [0.717, 1.165) is 37.3 Å². The molecule has 11 heteroatoms. The molecule has 2 rings (SSSR count). The number of hydrogen-bond acceptors (Lipinski definition) is 4. The van der Waals surface area contributed by atoms with Crippen LogP contribution in [0.15, 0.2) is 18.2 Å². The second-order valence-electron chi connectivity index (χ2n) is 7.00. The molecule has 1 fully saturated rings. The van der Waals surface area contributed by atoms with Gasteiger partial charge < -0.3 is 5.32 Å². The number of benzene rings is 1. The number of piperidine rings is 1. The zero-order valence-corrected chi connectivity index (χ0v) is 17.2. The summed E-state index contributed by atoms with van der Waals surface area (Å²) in [6, 6.07) is 2.77. The summed E-state index contributed by atoms with van der Waals surface area (Å²) in [4.78, 5) is 14.1. The Balaban J connectivity index is 1.87. The summed E-state index contributed by atoms with van der Waals surface area (Å²) in [7, 11) is -1.69. The summed E-state index contributed by atoms with van der Waals surface area (Å²) in [6.45, 7) is 1.66. The standard InChI is InChI=1S/C17H23ClF3N3O3S/c1-23(28(2,26)27)10-12-5-7-24(8-6-12)11-16(25)22-15-9-13(17(19,20)21)3-4-14(15)18/h3-4,9,12H,5-8,10-11H2,1-2H3,(H,22,25). The number of hydrogen-bond donors (Lipinski definition) is 1. The van der Waals surface area contributed by atoms with Crippen LogP contribution in [0.1, 0.15) is 18.4 Å². The fourth-order valence-corrected chi connectivity index (χ4v) is 3.66. The maximum Gasteiger partial charge on any atom is 0.416 e. The molecule has 1 aliphatic rings. The molecule has 0 saturated carbocycles. The number of sulfonamides is 1. The highest BCUT2D eigenvalue weighted by atomic mass is 35.5. The maximum atomic E-state index is 12.8. The third-order valence-corrected chi connectivity index (χ3v) is 6.33. The van der Waals surface area contributed by atoms with Gasteiger partial charge in [-0.15, -0.1) is 0 Å². The molecular weight excluding hydrogens is 419 g/mol. The number of carbonyl (C=O) groups is 1. The van der Waals surface area contributed by atoms with E-state index in [1.165, 1.54) is 11.4 Å². The molecule has 6 nitrogen and oxygen atoms in total. The highest BCUT2D eigenvalue weighted by molar-refractivity contribution is 7.88. The topological polar surface area (TPSA) is 69.7 Å². The quantitative estimate of drug-likeness (QED) is 0.737. The predicted octanol–water partition coefficient (Wildman–Crippen LogP) is 2.90. The minimum absolute atomic E-state index is 0.0290. The Kier molecular flexibility index (Phi) is 7.35. The van der Waals surface area contributed by atoms with Crippen LogP contribution in [0.2, 0.25) is 5.02 Å². The number of rotatable bonds is 6. The van der Waals surface area contributed by atoms with E-state index in [2.05, 4.69) is 5.32 Å². The second-order valence-corrected chi connectivity index (χ2v) is 9.50. The van der Waals surface area contributed by atoms with Crippen molar-refractivity contribution in [3.05, 3.63) is 28.8 Å². The molecule has 0 aliphatic carbocycles. The minimum atomic E-state index is -4.52. The van der Waals surface area contributed by atoms with Gasteiger partial charge in [-0.25, -0.2) is 12.7 Å². The molecule has 1 saturated heterocycles. The Morgan fingerprint density at radius 1 is 1.32 bits per heavy atom. The van der Waals surface area contributed by atoms with Crippen LogP contribution in [-0.2, 0) is 21.0 Å². The van der Waals surface area contributed by atoms with E-state index in [-0.39, 0.29) is 23.2 Å². The number of nitrogens with zero attached hydrogens (tertiary/aromatic N) is 2. The van der Waals surface area contributed by atoms with Gasteiger partial charge in [0.2, 0.25) is 15.9 Å². The van der Waals surface area contributed by atoms with Crippen LogP contribution in [0.25, 0.3) is 0 Å². The molecule has 0 atom stereocenters. The minimum Gasteiger partial charge on any atom is -0.324 e. The van der Waals surface area contributed by atoms with Crippen LogP contribution in [0.4, 0.5) is 18.9 Å². The first-order chi connectivity index (χ1) is 12.9. The van der Waals surface area contributed by atoms with Crippen LogP contribution in [-0.4, -0.2) is 63.0 Å². The Hall–Kier alpha value is -1.36. The van der Waals surface area contributed by atoms with Crippen molar-refractivity contribution in [1.82, 2.24) is 9.21 Å². The smallest absolute Gasteiger partial charge is 0.324 e. The van der Waals surface area contributed by atoms with Gasteiger partial charge >= 0.3 is 6.18 Å². The van der Waals surface area contributed by atoms with Crippen molar-refractivity contribution < 1.29 is 26.4 Å². The van der Waals surface area contributed by atoms with Crippen LogP contribution < -0.4 is 5.32 Å². The number of nitrogens with one attached hydrogen (secondary N) is 1. The van der Waals surface area contributed by atoms with E-state index < -0.39 is 27.7 Å². The van der Waals surface area contributed by atoms with Gasteiger partial charge in [0.25, 0.3) is 0 Å². The Labute approximate surface area is 167 Å². The monoisotopic (exact) mass is 441 g/mol. The Morgan fingerprint density at radius 2 is 1.93 bits per heavy atom. The SMILES string of the molecule is CN(CC1CCN(CC(=O)Nc2cc(C(F)(F)F)ccc2Cl)CC1)S(C)(=O)=O. The third-order valence-electron chi connectivity index (χ3n) is 4.72. The van der Waals surface area contributed by atoms with Gasteiger partial charge in [-0.3, -0.25) is 9.69 Å². The van der Waals surface area contributed by atoms with Crippen LogP contribution >= 0.6 is 11.6 Å². The van der Waals surface area contributed by atoms with Gasteiger partial charge in [-0.05, 0) is 50.0 Å². The summed E-state index contributed by atoms with van der Waals surface area (Å²) in [5, 5.41) is 2.46. The van der Waals surface area contributed by atoms with Crippen molar-refractivity contribution in [2.45, 2.75) is 19.0 Å². The first-order valence-corrected chi connectivity index (χ1v) is 10.9. The normalized spacial score (nSPS) is 17.1. The number of halogens is 4. The lowest BCUT2D eigenvalue weighted by Crippen LogP contribution is -2.42. The highest BCUT2D eigenvalue weighted by Crippen LogP contribution is 2.33. The van der Waals surface area contributed by atoms with Crippen molar-refractivity contribution >= 4 is 33.2 Å². The predicted molar refractivity (Wildman–Crippen MR) is 102 cm³/mol. The second kappa shape index (κ2) is 8.98. The molecule has 1 aromatic carbocycles. The average molecular weight is 442 g/mol. The molecule has 1 aliphatic heterocycles. The molecule has 1 N–H and O–H groups in total. The summed E-state index contributed by atoms with van der Waals surface area (Å²) >= 11 is 5.89. The fraction of sp³-hybridized carbons (Fsp3) is 0.588. The van der Waals surface area contributed by atoms with Gasteiger partial charge in [0.05, 0.1) is 29.1 Å². The van der Waals surface area contributed by atoms with Crippen molar-refractivity contribution in [3.8, 4) is 0 Å². The molecule has 1 aromatic rings. The first-order valence-electron chi connectivity index (χ1n) is 8.66. The summed E-state index contributed by atoms with van der Waals surface area (Å²) in [5.74, 6) is -0.245. The van der Waals surface area contributed by atoms with Gasteiger partial charge in [0.1, 0.15) is 0 Å². The maximum absolute atomic E-state index is 12.8. The lowest BCUT2D eigenvalue weighted by molar-refractivity contribution is -0.137. The van der Waals surface area contributed by atoms with Gasteiger partial charge in [-0.2, -0.15) is 13.2 Å². The van der Waals surface area contributed by atoms with E-state index in [0.29, 0.717) is 19.6 Å². The number of likely N-dealkylation sites (tertiary alicyclic amines) is 1. The van der Waals surface area contributed by atoms with Crippen LogP contribution in [0.3, 0.4) is 0 Å². The van der Waals surface area contributed by atoms with Gasteiger partial charge in [-0.1, -0.05) is 11.6 Å². The van der Waals surface area contributed by atoms with Gasteiger partial charge in [0, 0.05) is 13.6 Å². The number of alkyl halides is 3. The van der Waals surface area contributed by atoms with E-state index in [4.69, 9.17) is 11.6 Å².